The minimum absolute atomic E-state index is 0.00315. The fraction of sp³-hybridized carbons (Fsp3) is 0.294. The van der Waals surface area contributed by atoms with Gasteiger partial charge in [0.2, 0.25) is 0 Å². The van der Waals surface area contributed by atoms with Gasteiger partial charge in [0.05, 0.1) is 23.8 Å². The molecule has 0 aliphatic carbocycles. The number of nitrogens with zero attached hydrogens (tertiary/aromatic N) is 3. The van der Waals surface area contributed by atoms with E-state index < -0.39 is 32.9 Å². The first-order valence-corrected chi connectivity index (χ1v) is 16.2. The smallest absolute Gasteiger partial charge is 0.421 e. The van der Waals surface area contributed by atoms with E-state index in [1.54, 1.807) is 63.5 Å². The van der Waals surface area contributed by atoms with Crippen LogP contribution in [0, 0.1) is 11.8 Å². The van der Waals surface area contributed by atoms with Gasteiger partial charge in [0.1, 0.15) is 22.5 Å². The van der Waals surface area contributed by atoms with E-state index in [0.29, 0.717) is 34.0 Å². The summed E-state index contributed by atoms with van der Waals surface area (Å²) in [6.07, 6.45) is 3.69. The number of pyridine rings is 2. The van der Waals surface area contributed by atoms with Gasteiger partial charge in [-0.2, -0.15) is 0 Å². The topological polar surface area (TPSA) is 137 Å². The number of methoxy groups -OCH3 is 2. The quantitative estimate of drug-likeness (QED) is 0.275. The lowest BCUT2D eigenvalue weighted by atomic mass is 9.83. The van der Waals surface area contributed by atoms with Crippen molar-refractivity contribution in [2.75, 3.05) is 43.9 Å². The molecule has 0 bridgehead atoms. The highest BCUT2D eigenvalue weighted by atomic mass is 32.2. The van der Waals surface area contributed by atoms with Gasteiger partial charge in [0.15, 0.2) is 9.84 Å². The lowest BCUT2D eigenvalue weighted by Gasteiger charge is -2.27. The van der Waals surface area contributed by atoms with Crippen LogP contribution in [0.1, 0.15) is 37.6 Å². The maximum atomic E-state index is 13.8. The molecule has 238 valence electrons. The van der Waals surface area contributed by atoms with Gasteiger partial charge in [0, 0.05) is 54.9 Å². The third-order valence-electron chi connectivity index (χ3n) is 7.25. The van der Waals surface area contributed by atoms with Gasteiger partial charge >= 0.3 is 6.09 Å². The predicted molar refractivity (Wildman–Crippen MR) is 174 cm³/mol. The highest BCUT2D eigenvalue weighted by Gasteiger charge is 2.54. The summed E-state index contributed by atoms with van der Waals surface area (Å²) in [5.74, 6) is 6.27. The molecule has 0 unspecified atom stereocenters. The molecule has 0 radical (unpaired) electrons. The van der Waals surface area contributed by atoms with Gasteiger partial charge in [0.25, 0.3) is 5.91 Å². The SMILES string of the molecule is COCC1(COC)C(=O)N(C(=O)OC(C)(C)C)c2cc(C#Cc3nccc4cnc(Nc5ccc(S(C)(=O)=O)cc5)cc34)ccc21. The number of benzene rings is 2. The molecule has 4 aromatic rings. The van der Waals surface area contributed by atoms with Crippen LogP contribution in [0.3, 0.4) is 0 Å². The maximum absolute atomic E-state index is 13.8. The number of sulfone groups is 1. The fourth-order valence-corrected chi connectivity index (χ4v) is 5.87. The first kappa shape index (κ1) is 32.6. The van der Waals surface area contributed by atoms with Crippen molar-refractivity contribution in [1.82, 2.24) is 9.97 Å². The van der Waals surface area contributed by atoms with Crippen LogP contribution in [0.2, 0.25) is 0 Å². The molecular weight excluding hydrogens is 608 g/mol. The lowest BCUT2D eigenvalue weighted by molar-refractivity contribution is -0.127. The highest BCUT2D eigenvalue weighted by Crippen LogP contribution is 2.43. The lowest BCUT2D eigenvalue weighted by Crippen LogP contribution is -2.49. The Morgan fingerprint density at radius 2 is 1.67 bits per heavy atom. The zero-order chi connectivity index (χ0) is 33.3. The summed E-state index contributed by atoms with van der Waals surface area (Å²) in [5, 5.41) is 4.74. The first-order valence-electron chi connectivity index (χ1n) is 14.3. The molecule has 46 heavy (non-hydrogen) atoms. The van der Waals surface area contributed by atoms with Crippen molar-refractivity contribution in [3.8, 4) is 11.8 Å². The molecule has 1 aliphatic heterocycles. The third kappa shape index (κ3) is 6.57. The monoisotopic (exact) mass is 642 g/mol. The molecule has 5 rings (SSSR count). The number of carbonyl (C=O) groups is 2. The molecule has 0 saturated heterocycles. The molecule has 0 fully saturated rings. The van der Waals surface area contributed by atoms with Crippen LogP contribution < -0.4 is 10.2 Å². The second-order valence-electron chi connectivity index (χ2n) is 11.9. The molecule has 2 aromatic carbocycles. The Bertz CT molecular complexity index is 1990. The number of rotatable bonds is 7. The Morgan fingerprint density at radius 1 is 0.978 bits per heavy atom. The summed E-state index contributed by atoms with van der Waals surface area (Å²) >= 11 is 0. The molecule has 1 aliphatic rings. The number of hydrogen-bond acceptors (Lipinski definition) is 10. The van der Waals surface area contributed by atoms with E-state index in [4.69, 9.17) is 14.2 Å². The number of carbonyl (C=O) groups excluding carboxylic acids is 2. The molecule has 2 aromatic heterocycles. The van der Waals surface area contributed by atoms with Gasteiger partial charge < -0.3 is 19.5 Å². The van der Waals surface area contributed by atoms with Crippen LogP contribution in [0.15, 0.2) is 71.9 Å². The van der Waals surface area contributed by atoms with Crippen molar-refractivity contribution < 1.29 is 32.2 Å². The van der Waals surface area contributed by atoms with Crippen molar-refractivity contribution in [1.29, 1.82) is 0 Å². The van der Waals surface area contributed by atoms with Crippen molar-refractivity contribution in [3.63, 3.8) is 0 Å². The Morgan fingerprint density at radius 3 is 2.30 bits per heavy atom. The van der Waals surface area contributed by atoms with E-state index >= 15 is 0 Å². The van der Waals surface area contributed by atoms with E-state index in [0.717, 1.165) is 21.9 Å². The molecule has 12 heteroatoms. The maximum Gasteiger partial charge on any atom is 0.421 e. The van der Waals surface area contributed by atoms with Crippen LogP contribution in [-0.4, -0.2) is 69.7 Å². The van der Waals surface area contributed by atoms with Gasteiger partial charge in [-0.05, 0) is 80.8 Å². The van der Waals surface area contributed by atoms with E-state index in [1.807, 2.05) is 12.1 Å². The fourth-order valence-electron chi connectivity index (χ4n) is 5.24. The van der Waals surface area contributed by atoms with Crippen LogP contribution in [0.25, 0.3) is 10.8 Å². The molecule has 0 atom stereocenters. The van der Waals surface area contributed by atoms with Crippen LogP contribution in [0.5, 0.6) is 0 Å². The summed E-state index contributed by atoms with van der Waals surface area (Å²) in [5.41, 5.74) is 0.560. The molecule has 0 saturated carbocycles. The number of anilines is 3. The second-order valence-corrected chi connectivity index (χ2v) is 13.9. The minimum Gasteiger partial charge on any atom is -0.443 e. The summed E-state index contributed by atoms with van der Waals surface area (Å²) in [6.45, 7) is 5.20. The van der Waals surface area contributed by atoms with Crippen LogP contribution in [-0.2, 0) is 34.3 Å². The zero-order valence-electron chi connectivity index (χ0n) is 26.4. The second kappa shape index (κ2) is 12.5. The van der Waals surface area contributed by atoms with Crippen molar-refractivity contribution in [2.45, 2.75) is 36.7 Å². The minimum atomic E-state index is -3.31. The molecule has 3 heterocycles. The molecule has 2 amide bonds. The zero-order valence-corrected chi connectivity index (χ0v) is 27.2. The van der Waals surface area contributed by atoms with Crippen molar-refractivity contribution in [2.24, 2.45) is 0 Å². The van der Waals surface area contributed by atoms with Gasteiger partial charge in [-0.25, -0.2) is 28.1 Å². The summed E-state index contributed by atoms with van der Waals surface area (Å²) in [7, 11) is -0.331. The Balaban J connectivity index is 1.51. The Kier molecular flexibility index (Phi) is 8.86. The predicted octanol–water partition coefficient (Wildman–Crippen LogP) is 4.99. The standard InChI is InChI=1S/C34H34N4O7S/c1-33(2,3)45-32(40)38-29-17-22(7-13-27(29)34(20-43-4,21-44-5)31(38)39)8-14-28-26-18-30(36-19-23(26)15-16-35-28)37-24-9-11-25(12-10-24)46(6,41)42/h7,9-13,15-19H,20-21H2,1-6H3,(H,36,37). The number of amides is 2. The number of aromatic nitrogens is 2. The van der Waals surface area contributed by atoms with Gasteiger partial charge in [-0.1, -0.05) is 12.0 Å². The number of imide groups is 1. The summed E-state index contributed by atoms with van der Waals surface area (Å²) < 4.78 is 40.0. The largest absolute Gasteiger partial charge is 0.443 e. The normalized spacial score (nSPS) is 14.0. The number of ether oxygens (including phenoxy) is 3. The van der Waals surface area contributed by atoms with E-state index in [-0.39, 0.29) is 18.1 Å². The third-order valence-corrected chi connectivity index (χ3v) is 8.38. The number of nitrogens with one attached hydrogen (secondary N) is 1. The highest BCUT2D eigenvalue weighted by molar-refractivity contribution is 7.90. The van der Waals surface area contributed by atoms with Crippen LogP contribution >= 0.6 is 0 Å². The van der Waals surface area contributed by atoms with Crippen LogP contribution in [0.4, 0.5) is 22.0 Å². The molecule has 1 N–H and O–H groups in total. The van der Waals surface area contributed by atoms with E-state index in [9.17, 15) is 18.0 Å². The van der Waals surface area contributed by atoms with Crippen molar-refractivity contribution >= 4 is 49.8 Å². The Hall–Kier alpha value is -4.83. The Labute approximate surface area is 267 Å². The summed E-state index contributed by atoms with van der Waals surface area (Å²) in [4.78, 5) is 37.3. The van der Waals surface area contributed by atoms with Gasteiger partial charge in [-0.3, -0.25) is 4.79 Å². The molecule has 0 spiro atoms. The average molecular weight is 643 g/mol. The molecular formula is C34H34N4O7S. The summed E-state index contributed by atoms with van der Waals surface area (Å²) in [6, 6.07) is 15.2. The van der Waals surface area contributed by atoms with E-state index in [1.165, 1.54) is 26.4 Å². The number of hydrogen-bond donors (Lipinski definition) is 1. The van der Waals surface area contributed by atoms with Crippen molar-refractivity contribution in [3.05, 3.63) is 83.8 Å². The van der Waals surface area contributed by atoms with Gasteiger partial charge in [-0.15, -0.1) is 0 Å². The average Bonchev–Trinajstić information content (AvgIpc) is 3.22. The number of fused-ring (bicyclic) bond motifs is 2. The van der Waals surface area contributed by atoms with E-state index in [2.05, 4.69) is 27.1 Å². The molecule has 11 nitrogen and oxygen atoms in total. The first-order chi connectivity index (χ1) is 21.8.